The first-order valence-electron chi connectivity index (χ1n) is 6.01. The largest absolute Gasteiger partial charge is 0.447 e. The Hall–Kier alpha value is -1.10. The van der Waals surface area contributed by atoms with Crippen LogP contribution in [0.25, 0.3) is 0 Å². The molecule has 1 heterocycles. The van der Waals surface area contributed by atoms with Crippen LogP contribution in [0.5, 0.6) is 0 Å². The normalized spacial score (nSPS) is 22.2. The average molecular weight is 243 g/mol. The maximum Gasteiger partial charge on any atom is 0.416 e. The van der Waals surface area contributed by atoms with Gasteiger partial charge in [-0.3, -0.25) is 4.79 Å². The number of carbonyl (C=O) groups is 2. The number of cyclic esters (lactones) is 1. The smallest absolute Gasteiger partial charge is 0.416 e. The number of carbonyl (C=O) groups excluding carboxylic acids is 2. The lowest BCUT2D eigenvalue weighted by atomic mass is 10.0. The molecule has 0 saturated carbocycles. The quantitative estimate of drug-likeness (QED) is 0.810. The van der Waals surface area contributed by atoms with Crippen molar-refractivity contribution in [3.8, 4) is 0 Å². The summed E-state index contributed by atoms with van der Waals surface area (Å²) in [4.78, 5) is 24.6. The highest BCUT2D eigenvalue weighted by Gasteiger charge is 2.39. The maximum atomic E-state index is 12.0. The van der Waals surface area contributed by atoms with Crippen molar-refractivity contribution >= 4 is 12.0 Å². The van der Waals surface area contributed by atoms with E-state index in [0.717, 1.165) is 4.90 Å². The van der Waals surface area contributed by atoms with E-state index in [1.54, 1.807) is 0 Å². The molecule has 0 spiro atoms. The van der Waals surface area contributed by atoms with Gasteiger partial charge in [0.25, 0.3) is 0 Å². The van der Waals surface area contributed by atoms with Gasteiger partial charge in [-0.1, -0.05) is 27.7 Å². The molecule has 5 heteroatoms. The van der Waals surface area contributed by atoms with Crippen molar-refractivity contribution in [1.29, 1.82) is 0 Å². The zero-order valence-corrected chi connectivity index (χ0v) is 10.8. The van der Waals surface area contributed by atoms with Crippen LogP contribution in [0.1, 0.15) is 34.1 Å². The molecule has 0 aromatic rings. The Labute approximate surface area is 102 Å². The van der Waals surface area contributed by atoms with Gasteiger partial charge in [-0.05, 0) is 11.8 Å². The third-order valence-electron chi connectivity index (χ3n) is 3.10. The van der Waals surface area contributed by atoms with Crippen LogP contribution in [0.4, 0.5) is 4.79 Å². The second kappa shape index (κ2) is 5.49. The Morgan fingerprint density at radius 1 is 1.47 bits per heavy atom. The minimum absolute atomic E-state index is 0.00456. The molecule has 2 atom stereocenters. The standard InChI is InChI=1S/C12H21NO4/c1-7(2)9-6-17-12(16)13(9)11(15)5-10(14)8(3)4/h7-10,14H,5-6H2,1-4H3/t9-,10+/m1/s1. The molecule has 1 fully saturated rings. The predicted octanol–water partition coefficient (Wildman–Crippen LogP) is 1.40. The van der Waals surface area contributed by atoms with E-state index in [1.165, 1.54) is 0 Å². The molecular formula is C12H21NO4. The number of rotatable bonds is 4. The van der Waals surface area contributed by atoms with Crippen LogP contribution >= 0.6 is 0 Å². The van der Waals surface area contributed by atoms with Crippen LogP contribution in [0, 0.1) is 11.8 Å². The molecule has 0 unspecified atom stereocenters. The topological polar surface area (TPSA) is 66.8 Å². The number of ether oxygens (including phenoxy) is 1. The minimum atomic E-state index is -0.719. The second-order valence-corrected chi connectivity index (χ2v) is 5.17. The first-order valence-corrected chi connectivity index (χ1v) is 6.01. The van der Waals surface area contributed by atoms with E-state index >= 15 is 0 Å². The van der Waals surface area contributed by atoms with Crippen molar-refractivity contribution in [2.45, 2.75) is 46.3 Å². The van der Waals surface area contributed by atoms with Crippen LogP contribution in [-0.4, -0.2) is 40.8 Å². The van der Waals surface area contributed by atoms with Gasteiger partial charge in [0.2, 0.25) is 5.91 Å². The van der Waals surface area contributed by atoms with Crippen molar-refractivity contribution in [2.24, 2.45) is 11.8 Å². The summed E-state index contributed by atoms with van der Waals surface area (Å²) >= 11 is 0. The fraction of sp³-hybridized carbons (Fsp3) is 0.833. The van der Waals surface area contributed by atoms with Crippen LogP contribution in [-0.2, 0) is 9.53 Å². The maximum absolute atomic E-state index is 12.0. The molecule has 1 N–H and O–H groups in total. The third kappa shape index (κ3) is 3.19. The van der Waals surface area contributed by atoms with Gasteiger partial charge in [-0.15, -0.1) is 0 Å². The van der Waals surface area contributed by atoms with Crippen molar-refractivity contribution in [3.05, 3.63) is 0 Å². The van der Waals surface area contributed by atoms with E-state index in [9.17, 15) is 14.7 Å². The summed E-state index contributed by atoms with van der Waals surface area (Å²) in [5.41, 5.74) is 0. The van der Waals surface area contributed by atoms with Gasteiger partial charge in [-0.25, -0.2) is 9.69 Å². The van der Waals surface area contributed by atoms with Crippen LogP contribution in [0.15, 0.2) is 0 Å². The second-order valence-electron chi connectivity index (χ2n) is 5.17. The van der Waals surface area contributed by atoms with Gasteiger partial charge in [0.1, 0.15) is 6.61 Å². The molecule has 98 valence electrons. The minimum Gasteiger partial charge on any atom is -0.447 e. The molecule has 0 aromatic heterocycles. The zero-order chi connectivity index (χ0) is 13.2. The summed E-state index contributed by atoms with van der Waals surface area (Å²) in [6, 6.07) is -0.214. The van der Waals surface area contributed by atoms with Gasteiger partial charge in [0.15, 0.2) is 0 Å². The SMILES string of the molecule is CC(C)[C@H]1COC(=O)N1C(=O)C[C@H](O)C(C)C. The lowest BCUT2D eigenvalue weighted by molar-refractivity contribution is -0.132. The Morgan fingerprint density at radius 3 is 2.53 bits per heavy atom. The molecule has 0 radical (unpaired) electrons. The van der Waals surface area contributed by atoms with Crippen molar-refractivity contribution in [3.63, 3.8) is 0 Å². The summed E-state index contributed by atoms with van der Waals surface area (Å²) in [5.74, 6) is -0.205. The highest BCUT2D eigenvalue weighted by molar-refractivity contribution is 5.93. The summed E-state index contributed by atoms with van der Waals surface area (Å²) < 4.78 is 4.89. The van der Waals surface area contributed by atoms with Crippen LogP contribution < -0.4 is 0 Å². The molecule has 2 amide bonds. The Balaban J connectivity index is 2.69. The number of aliphatic hydroxyl groups excluding tert-OH is 1. The molecule has 1 saturated heterocycles. The molecular weight excluding hydrogens is 222 g/mol. The molecule has 1 rings (SSSR count). The number of nitrogens with zero attached hydrogens (tertiary/aromatic N) is 1. The first-order chi connectivity index (χ1) is 7.84. The van der Waals surface area contributed by atoms with Crippen molar-refractivity contribution in [2.75, 3.05) is 6.61 Å². The summed E-state index contributed by atoms with van der Waals surface area (Å²) in [6.07, 6.45) is -1.34. The molecule has 0 aromatic carbocycles. The van der Waals surface area contributed by atoms with E-state index in [-0.39, 0.29) is 36.8 Å². The van der Waals surface area contributed by atoms with Crippen LogP contribution in [0.3, 0.4) is 0 Å². The Morgan fingerprint density at radius 2 is 2.06 bits per heavy atom. The number of hydrogen-bond donors (Lipinski definition) is 1. The molecule has 5 nitrogen and oxygen atoms in total. The Bertz CT molecular complexity index is 301. The van der Waals surface area contributed by atoms with Crippen LogP contribution in [0.2, 0.25) is 0 Å². The molecule has 1 aliphatic rings. The van der Waals surface area contributed by atoms with E-state index in [2.05, 4.69) is 0 Å². The van der Waals surface area contributed by atoms with Gasteiger partial charge in [0.05, 0.1) is 18.6 Å². The Kier molecular flexibility index (Phi) is 4.51. The van der Waals surface area contributed by atoms with Gasteiger partial charge >= 0.3 is 6.09 Å². The molecule has 1 aliphatic heterocycles. The van der Waals surface area contributed by atoms with E-state index in [4.69, 9.17) is 4.74 Å². The first kappa shape index (κ1) is 14.0. The predicted molar refractivity (Wildman–Crippen MR) is 62.3 cm³/mol. The highest BCUT2D eigenvalue weighted by atomic mass is 16.6. The van der Waals surface area contributed by atoms with Crippen molar-refractivity contribution in [1.82, 2.24) is 4.90 Å². The summed E-state index contributed by atoms with van der Waals surface area (Å²) in [6.45, 7) is 7.79. The molecule has 0 aliphatic carbocycles. The zero-order valence-electron chi connectivity index (χ0n) is 10.8. The van der Waals surface area contributed by atoms with Crippen molar-refractivity contribution < 1.29 is 19.4 Å². The van der Waals surface area contributed by atoms with Gasteiger partial charge < -0.3 is 9.84 Å². The number of amides is 2. The lowest BCUT2D eigenvalue weighted by Crippen LogP contribution is -2.43. The fourth-order valence-corrected chi connectivity index (χ4v) is 1.73. The number of aliphatic hydroxyl groups is 1. The number of imide groups is 1. The average Bonchev–Trinajstić information content (AvgIpc) is 2.59. The fourth-order valence-electron chi connectivity index (χ4n) is 1.73. The summed E-state index contributed by atoms with van der Waals surface area (Å²) in [7, 11) is 0. The molecule has 0 bridgehead atoms. The molecule has 17 heavy (non-hydrogen) atoms. The highest BCUT2D eigenvalue weighted by Crippen LogP contribution is 2.21. The number of hydrogen-bond acceptors (Lipinski definition) is 4. The van der Waals surface area contributed by atoms with E-state index < -0.39 is 12.2 Å². The van der Waals surface area contributed by atoms with Gasteiger partial charge in [0, 0.05) is 0 Å². The lowest BCUT2D eigenvalue weighted by Gasteiger charge is -2.24. The summed E-state index contributed by atoms with van der Waals surface area (Å²) in [5, 5.41) is 9.67. The van der Waals surface area contributed by atoms with E-state index in [1.807, 2.05) is 27.7 Å². The third-order valence-corrected chi connectivity index (χ3v) is 3.10. The van der Waals surface area contributed by atoms with Gasteiger partial charge in [-0.2, -0.15) is 0 Å². The van der Waals surface area contributed by atoms with E-state index in [0.29, 0.717) is 0 Å². The monoisotopic (exact) mass is 243 g/mol.